The monoisotopic (exact) mass is 244 g/mol. The lowest BCUT2D eigenvalue weighted by molar-refractivity contribution is -0.0180. The maximum atomic E-state index is 5.35. The molecule has 0 bridgehead atoms. The summed E-state index contributed by atoms with van der Waals surface area (Å²) in [7, 11) is 1.64. The maximum Gasteiger partial charge on any atom is 0.189 e. The normalized spacial score (nSPS) is 14.6. The zero-order valence-electron chi connectivity index (χ0n) is 7.17. The smallest absolute Gasteiger partial charge is 0.189 e. The molecule has 1 aromatic rings. The van der Waals surface area contributed by atoms with E-state index in [1.54, 1.807) is 7.11 Å². The first-order chi connectivity index (χ1) is 6.33. The van der Waals surface area contributed by atoms with Crippen molar-refractivity contribution in [1.29, 1.82) is 0 Å². The molecule has 0 unspecified atom stereocenters. The molecule has 2 rings (SSSR count). The second-order valence-corrected chi connectivity index (χ2v) is 3.52. The molecule has 4 heteroatoms. The van der Waals surface area contributed by atoms with Gasteiger partial charge in [0.1, 0.15) is 11.5 Å². The lowest BCUT2D eigenvalue weighted by Gasteiger charge is -2.20. The maximum absolute atomic E-state index is 5.35. The van der Waals surface area contributed by atoms with E-state index in [1.807, 2.05) is 12.1 Å². The van der Waals surface area contributed by atoms with Crippen LogP contribution in [0, 0.1) is 0 Å². The summed E-state index contributed by atoms with van der Waals surface area (Å²) >= 11 is 3.41. The summed E-state index contributed by atoms with van der Waals surface area (Å²) in [4.78, 5) is 0. The molecule has 1 aliphatic heterocycles. The van der Waals surface area contributed by atoms with Crippen molar-refractivity contribution in [2.24, 2.45) is 0 Å². The van der Waals surface area contributed by atoms with Crippen molar-refractivity contribution >= 4 is 15.9 Å². The predicted molar refractivity (Wildman–Crippen MR) is 51.0 cm³/mol. The number of fused-ring (bicyclic) bond motifs is 1. The van der Waals surface area contributed by atoms with Gasteiger partial charge in [0.2, 0.25) is 0 Å². The SMILES string of the molecule is COc1ccc(Br)c2c1COCO2. The predicted octanol–water partition coefficient (Wildman–Crippen LogP) is 2.32. The Morgan fingerprint density at radius 1 is 1.46 bits per heavy atom. The summed E-state index contributed by atoms with van der Waals surface area (Å²) in [6.07, 6.45) is 0. The van der Waals surface area contributed by atoms with E-state index in [0.29, 0.717) is 13.4 Å². The Kier molecular flexibility index (Phi) is 2.42. The molecule has 1 heterocycles. The van der Waals surface area contributed by atoms with Crippen LogP contribution < -0.4 is 9.47 Å². The highest BCUT2D eigenvalue weighted by atomic mass is 79.9. The summed E-state index contributed by atoms with van der Waals surface area (Å²) < 4.78 is 16.6. The van der Waals surface area contributed by atoms with Crippen molar-refractivity contribution in [3.05, 3.63) is 22.2 Å². The van der Waals surface area contributed by atoms with Crippen LogP contribution in [0.1, 0.15) is 5.56 Å². The molecular formula is C9H9BrO3. The molecule has 70 valence electrons. The fourth-order valence-corrected chi connectivity index (χ4v) is 1.80. The van der Waals surface area contributed by atoms with Gasteiger partial charge < -0.3 is 14.2 Å². The molecule has 0 radical (unpaired) electrons. The second kappa shape index (κ2) is 3.55. The van der Waals surface area contributed by atoms with Gasteiger partial charge in [-0.1, -0.05) is 0 Å². The van der Waals surface area contributed by atoms with Crippen molar-refractivity contribution in [3.63, 3.8) is 0 Å². The number of benzene rings is 1. The van der Waals surface area contributed by atoms with Gasteiger partial charge in [-0.15, -0.1) is 0 Å². The van der Waals surface area contributed by atoms with Gasteiger partial charge in [-0.3, -0.25) is 0 Å². The van der Waals surface area contributed by atoms with Crippen LogP contribution in [0.4, 0.5) is 0 Å². The molecule has 0 aliphatic carbocycles. The molecule has 1 aromatic carbocycles. The first-order valence-corrected chi connectivity index (χ1v) is 4.68. The van der Waals surface area contributed by atoms with Crippen LogP contribution in [0.25, 0.3) is 0 Å². The lowest BCUT2D eigenvalue weighted by Crippen LogP contribution is -2.12. The van der Waals surface area contributed by atoms with Crippen LogP contribution in [-0.4, -0.2) is 13.9 Å². The van der Waals surface area contributed by atoms with Gasteiger partial charge in [0.25, 0.3) is 0 Å². The van der Waals surface area contributed by atoms with E-state index in [1.165, 1.54) is 0 Å². The highest BCUT2D eigenvalue weighted by molar-refractivity contribution is 9.10. The lowest BCUT2D eigenvalue weighted by atomic mass is 10.2. The minimum Gasteiger partial charge on any atom is -0.496 e. The second-order valence-electron chi connectivity index (χ2n) is 2.67. The standard InChI is InChI=1S/C9H9BrO3/c1-11-8-3-2-7(10)9-6(8)4-12-5-13-9/h2-3H,4-5H2,1H3. The summed E-state index contributed by atoms with van der Waals surface area (Å²) in [6.45, 7) is 0.844. The Hall–Kier alpha value is -0.740. The summed E-state index contributed by atoms with van der Waals surface area (Å²) in [5.74, 6) is 1.63. The van der Waals surface area contributed by atoms with Crippen molar-refractivity contribution in [1.82, 2.24) is 0 Å². The minimum atomic E-state index is 0.304. The number of ether oxygens (including phenoxy) is 3. The zero-order chi connectivity index (χ0) is 9.26. The first kappa shape index (κ1) is 8.84. The van der Waals surface area contributed by atoms with E-state index in [0.717, 1.165) is 21.5 Å². The fraction of sp³-hybridized carbons (Fsp3) is 0.333. The van der Waals surface area contributed by atoms with Crippen molar-refractivity contribution in [2.75, 3.05) is 13.9 Å². The average Bonchev–Trinajstić information content (AvgIpc) is 2.19. The Morgan fingerprint density at radius 3 is 3.08 bits per heavy atom. The molecule has 0 atom stereocenters. The van der Waals surface area contributed by atoms with Crippen molar-refractivity contribution in [3.8, 4) is 11.5 Å². The molecule has 0 saturated carbocycles. The number of halogens is 1. The van der Waals surface area contributed by atoms with Gasteiger partial charge >= 0.3 is 0 Å². The van der Waals surface area contributed by atoms with Crippen LogP contribution in [0.5, 0.6) is 11.5 Å². The molecule has 0 saturated heterocycles. The minimum absolute atomic E-state index is 0.304. The Bertz CT molecular complexity index is 325. The van der Waals surface area contributed by atoms with Gasteiger partial charge in [-0.05, 0) is 28.1 Å². The fourth-order valence-electron chi connectivity index (χ4n) is 1.31. The van der Waals surface area contributed by atoms with Gasteiger partial charge in [-0.2, -0.15) is 0 Å². The van der Waals surface area contributed by atoms with Crippen LogP contribution in [0.15, 0.2) is 16.6 Å². The third-order valence-electron chi connectivity index (χ3n) is 1.92. The first-order valence-electron chi connectivity index (χ1n) is 3.89. The number of rotatable bonds is 1. The molecule has 0 amide bonds. The van der Waals surface area contributed by atoms with Crippen LogP contribution >= 0.6 is 15.9 Å². The van der Waals surface area contributed by atoms with E-state index < -0.39 is 0 Å². The molecule has 0 aromatic heterocycles. The van der Waals surface area contributed by atoms with Crippen molar-refractivity contribution in [2.45, 2.75) is 6.61 Å². The number of hydrogen-bond donors (Lipinski definition) is 0. The average molecular weight is 245 g/mol. The largest absolute Gasteiger partial charge is 0.496 e. The highest BCUT2D eigenvalue weighted by Crippen LogP contribution is 2.37. The zero-order valence-corrected chi connectivity index (χ0v) is 8.76. The third-order valence-corrected chi connectivity index (χ3v) is 2.55. The Balaban J connectivity index is 2.52. The van der Waals surface area contributed by atoms with Gasteiger partial charge in [0, 0.05) is 0 Å². The summed E-state index contributed by atoms with van der Waals surface area (Å²) in [5, 5.41) is 0. The summed E-state index contributed by atoms with van der Waals surface area (Å²) in [6, 6.07) is 3.80. The molecule has 3 nitrogen and oxygen atoms in total. The van der Waals surface area contributed by atoms with E-state index in [2.05, 4.69) is 15.9 Å². The number of hydrogen-bond acceptors (Lipinski definition) is 3. The van der Waals surface area contributed by atoms with Crippen LogP contribution in [0.3, 0.4) is 0 Å². The van der Waals surface area contributed by atoms with Gasteiger partial charge in [-0.25, -0.2) is 0 Å². The molecular weight excluding hydrogens is 236 g/mol. The topological polar surface area (TPSA) is 27.7 Å². The Labute approximate surface area is 84.7 Å². The van der Waals surface area contributed by atoms with Crippen molar-refractivity contribution < 1.29 is 14.2 Å². The van der Waals surface area contributed by atoms with Gasteiger partial charge in [0.05, 0.1) is 23.8 Å². The molecule has 0 spiro atoms. The quantitative estimate of drug-likeness (QED) is 0.759. The van der Waals surface area contributed by atoms with Gasteiger partial charge in [0.15, 0.2) is 6.79 Å². The van der Waals surface area contributed by atoms with E-state index in [4.69, 9.17) is 14.2 Å². The molecule has 0 fully saturated rings. The number of methoxy groups -OCH3 is 1. The van der Waals surface area contributed by atoms with Crippen LogP contribution in [0.2, 0.25) is 0 Å². The summed E-state index contributed by atoms with van der Waals surface area (Å²) in [5.41, 5.74) is 0.961. The van der Waals surface area contributed by atoms with Crippen LogP contribution in [-0.2, 0) is 11.3 Å². The Morgan fingerprint density at radius 2 is 2.31 bits per heavy atom. The van der Waals surface area contributed by atoms with E-state index in [-0.39, 0.29) is 0 Å². The van der Waals surface area contributed by atoms with E-state index in [9.17, 15) is 0 Å². The molecule has 1 aliphatic rings. The highest BCUT2D eigenvalue weighted by Gasteiger charge is 2.18. The molecule has 0 N–H and O–H groups in total. The molecule has 13 heavy (non-hydrogen) atoms. The van der Waals surface area contributed by atoms with E-state index >= 15 is 0 Å². The third kappa shape index (κ3) is 1.51.